The number of carboxylic acid groups (broad SMARTS) is 2. The number of hydrogen-bond acceptors (Lipinski definition) is 4. The van der Waals surface area contributed by atoms with Gasteiger partial charge in [-0.25, -0.2) is 10.3 Å². The monoisotopic (exact) mass is 189 g/mol. The molecule has 0 bridgehead atoms. The number of carboxylic acids is 2. The maximum absolute atomic E-state index is 10.4. The van der Waals surface area contributed by atoms with Crippen molar-refractivity contribution >= 4 is 17.8 Å². The summed E-state index contributed by atoms with van der Waals surface area (Å²) >= 11 is 0. The molecule has 13 heavy (non-hydrogen) atoms. The van der Waals surface area contributed by atoms with Gasteiger partial charge in [0.25, 0.3) is 5.91 Å². The van der Waals surface area contributed by atoms with E-state index in [2.05, 4.69) is 0 Å². The lowest BCUT2D eigenvalue weighted by molar-refractivity contribution is -0.139. The average Bonchev–Trinajstić information content (AvgIpc) is 2.02. The summed E-state index contributed by atoms with van der Waals surface area (Å²) in [5, 5.41) is 24.6. The third kappa shape index (κ3) is 4.53. The van der Waals surface area contributed by atoms with E-state index in [1.807, 2.05) is 0 Å². The summed E-state index contributed by atoms with van der Waals surface area (Å²) in [6.07, 6.45) is -0.292. The van der Waals surface area contributed by atoms with Crippen LogP contribution in [-0.4, -0.2) is 33.3 Å². The minimum atomic E-state index is -1.52. The first kappa shape index (κ1) is 11.1. The molecule has 0 saturated heterocycles. The van der Waals surface area contributed by atoms with Gasteiger partial charge in [0.1, 0.15) is 0 Å². The number of carbonyl (C=O) groups is 3. The van der Waals surface area contributed by atoms with Crippen molar-refractivity contribution in [2.24, 2.45) is 0 Å². The lowest BCUT2D eigenvalue weighted by atomic mass is 10.2. The molecule has 0 atom stereocenters. The summed E-state index contributed by atoms with van der Waals surface area (Å²) in [6, 6.07) is 0. The maximum Gasteiger partial charge on any atom is 0.332 e. The van der Waals surface area contributed by atoms with Gasteiger partial charge in [0.15, 0.2) is 0 Å². The van der Waals surface area contributed by atoms with E-state index in [1.54, 1.807) is 0 Å². The first-order valence-electron chi connectivity index (χ1n) is 3.07. The van der Waals surface area contributed by atoms with Crippen molar-refractivity contribution in [1.29, 1.82) is 0 Å². The second-order valence-electron chi connectivity index (χ2n) is 2.02. The van der Waals surface area contributed by atoms with Gasteiger partial charge in [-0.1, -0.05) is 0 Å². The van der Waals surface area contributed by atoms with Crippen LogP contribution in [0.5, 0.6) is 0 Å². The quantitative estimate of drug-likeness (QED) is 0.255. The lowest BCUT2D eigenvalue weighted by Crippen LogP contribution is -2.18. The molecule has 0 spiro atoms. The Hall–Kier alpha value is -1.89. The fourth-order valence-corrected chi connectivity index (χ4v) is 0.542. The van der Waals surface area contributed by atoms with Crippen molar-refractivity contribution in [2.45, 2.75) is 6.42 Å². The predicted octanol–water partition coefficient (Wildman–Crippen LogP) is -1.02. The second-order valence-corrected chi connectivity index (χ2v) is 2.02. The van der Waals surface area contributed by atoms with Gasteiger partial charge in [0.2, 0.25) is 0 Å². The molecular formula is C6H7NO6. The van der Waals surface area contributed by atoms with Crippen LogP contribution in [-0.2, 0) is 14.4 Å². The van der Waals surface area contributed by atoms with Gasteiger partial charge in [-0.15, -0.1) is 0 Å². The molecule has 0 unspecified atom stereocenters. The molecule has 4 N–H and O–H groups in total. The Labute approximate surface area is 72.2 Å². The first-order valence-corrected chi connectivity index (χ1v) is 3.07. The van der Waals surface area contributed by atoms with Gasteiger partial charge in [0.05, 0.1) is 12.0 Å². The normalized spacial score (nSPS) is 10.7. The minimum Gasteiger partial charge on any atom is -0.481 e. The molecule has 0 heterocycles. The molecule has 0 aliphatic rings. The van der Waals surface area contributed by atoms with Crippen molar-refractivity contribution in [3.05, 3.63) is 11.6 Å². The van der Waals surface area contributed by atoms with E-state index in [0.29, 0.717) is 6.08 Å². The fraction of sp³-hybridized carbons (Fsp3) is 0.167. The maximum atomic E-state index is 10.4. The highest BCUT2D eigenvalue weighted by Gasteiger charge is 2.13. The Kier molecular flexibility index (Phi) is 4.17. The van der Waals surface area contributed by atoms with E-state index < -0.39 is 29.8 Å². The SMILES string of the molecule is O=C(O)C/C(=C/C(=O)NO)C(=O)O. The van der Waals surface area contributed by atoms with Gasteiger partial charge in [-0.05, 0) is 0 Å². The molecule has 0 radical (unpaired) electrons. The Morgan fingerprint density at radius 2 is 1.77 bits per heavy atom. The van der Waals surface area contributed by atoms with Gasteiger partial charge in [0, 0.05) is 6.08 Å². The number of hydrogen-bond donors (Lipinski definition) is 4. The Morgan fingerprint density at radius 1 is 1.23 bits per heavy atom. The molecule has 0 aliphatic heterocycles. The van der Waals surface area contributed by atoms with Crippen LogP contribution in [0.4, 0.5) is 0 Å². The second kappa shape index (κ2) is 4.88. The zero-order valence-electron chi connectivity index (χ0n) is 6.35. The molecule has 0 saturated carbocycles. The van der Waals surface area contributed by atoms with Crippen molar-refractivity contribution in [2.75, 3.05) is 0 Å². The summed E-state index contributed by atoms with van der Waals surface area (Å²) in [6.45, 7) is 0. The summed E-state index contributed by atoms with van der Waals surface area (Å²) in [4.78, 5) is 30.8. The number of amides is 1. The molecule has 1 amide bonds. The van der Waals surface area contributed by atoms with Gasteiger partial charge in [-0.2, -0.15) is 0 Å². The molecule has 0 rings (SSSR count). The number of carbonyl (C=O) groups excluding carboxylic acids is 1. The van der Waals surface area contributed by atoms with Gasteiger partial charge >= 0.3 is 11.9 Å². The predicted molar refractivity (Wildman–Crippen MR) is 37.9 cm³/mol. The molecule has 0 aromatic rings. The third-order valence-corrected chi connectivity index (χ3v) is 1.03. The first-order chi connectivity index (χ1) is 5.97. The third-order valence-electron chi connectivity index (χ3n) is 1.03. The average molecular weight is 189 g/mol. The van der Waals surface area contributed by atoms with E-state index in [4.69, 9.17) is 15.4 Å². The topological polar surface area (TPSA) is 124 Å². The highest BCUT2D eigenvalue weighted by atomic mass is 16.5. The summed E-state index contributed by atoms with van der Waals surface area (Å²) in [7, 11) is 0. The molecule has 0 aliphatic carbocycles. The molecular weight excluding hydrogens is 182 g/mol. The largest absolute Gasteiger partial charge is 0.481 e. The highest BCUT2D eigenvalue weighted by Crippen LogP contribution is 2.00. The minimum absolute atomic E-state index is 0.496. The Morgan fingerprint density at radius 3 is 2.08 bits per heavy atom. The van der Waals surface area contributed by atoms with Crippen LogP contribution in [0.25, 0.3) is 0 Å². The molecule has 0 aromatic carbocycles. The summed E-state index contributed by atoms with van der Waals surface area (Å²) in [5.74, 6) is -3.98. The van der Waals surface area contributed by atoms with Crippen LogP contribution in [0.15, 0.2) is 11.6 Å². The standard InChI is InChI=1S/C6H7NO6/c8-4(7-13)1-3(6(11)12)2-5(9)10/h1,13H,2H2,(H,7,8)(H,9,10)(H,11,12)/b3-1-. The molecule has 72 valence electrons. The van der Waals surface area contributed by atoms with Crippen LogP contribution < -0.4 is 5.48 Å². The van der Waals surface area contributed by atoms with Crippen molar-refractivity contribution in [1.82, 2.24) is 5.48 Å². The smallest absolute Gasteiger partial charge is 0.332 e. The van der Waals surface area contributed by atoms with Crippen molar-refractivity contribution < 1.29 is 29.8 Å². The number of aliphatic carboxylic acids is 2. The van der Waals surface area contributed by atoms with Crippen LogP contribution in [0.3, 0.4) is 0 Å². The molecule has 7 heteroatoms. The van der Waals surface area contributed by atoms with E-state index in [0.717, 1.165) is 5.48 Å². The summed E-state index contributed by atoms with van der Waals surface area (Å²) < 4.78 is 0. The van der Waals surface area contributed by atoms with Crippen LogP contribution in [0.2, 0.25) is 0 Å². The zero-order valence-corrected chi connectivity index (χ0v) is 6.35. The molecule has 7 nitrogen and oxygen atoms in total. The summed E-state index contributed by atoms with van der Waals surface area (Å²) in [5.41, 5.74) is 0.540. The zero-order chi connectivity index (χ0) is 10.4. The molecule has 0 aromatic heterocycles. The number of rotatable bonds is 4. The van der Waals surface area contributed by atoms with Gasteiger partial charge in [-0.3, -0.25) is 14.8 Å². The van der Waals surface area contributed by atoms with Crippen molar-refractivity contribution in [3.63, 3.8) is 0 Å². The van der Waals surface area contributed by atoms with Crippen LogP contribution >= 0.6 is 0 Å². The van der Waals surface area contributed by atoms with Crippen LogP contribution in [0, 0.1) is 0 Å². The van der Waals surface area contributed by atoms with E-state index in [9.17, 15) is 14.4 Å². The molecule has 0 fully saturated rings. The Bertz CT molecular complexity index is 268. The fourth-order valence-electron chi connectivity index (χ4n) is 0.542. The van der Waals surface area contributed by atoms with E-state index >= 15 is 0 Å². The highest BCUT2D eigenvalue weighted by molar-refractivity contribution is 5.99. The van der Waals surface area contributed by atoms with E-state index in [-0.39, 0.29) is 0 Å². The Balaban J connectivity index is 4.60. The lowest BCUT2D eigenvalue weighted by Gasteiger charge is -1.96. The van der Waals surface area contributed by atoms with Gasteiger partial charge < -0.3 is 10.2 Å². The van der Waals surface area contributed by atoms with Crippen LogP contribution in [0.1, 0.15) is 6.42 Å². The van der Waals surface area contributed by atoms with E-state index in [1.165, 1.54) is 0 Å². The number of hydroxylamine groups is 1. The number of nitrogens with one attached hydrogen (secondary N) is 1. The van der Waals surface area contributed by atoms with Crippen molar-refractivity contribution in [3.8, 4) is 0 Å².